The van der Waals surface area contributed by atoms with Gasteiger partial charge in [0.25, 0.3) is 10.0 Å². The maximum Gasteiger partial charge on any atom is 0.371 e. The highest BCUT2D eigenvalue weighted by molar-refractivity contribution is 7.89. The Morgan fingerprint density at radius 1 is 1.53 bits per heavy atom. The Balaban J connectivity index is 2.11. The van der Waals surface area contributed by atoms with Crippen molar-refractivity contribution in [1.29, 1.82) is 0 Å². The Morgan fingerprint density at radius 2 is 2.26 bits per heavy atom. The summed E-state index contributed by atoms with van der Waals surface area (Å²) in [6.45, 7) is 1.84. The predicted octanol–water partition coefficient (Wildman–Crippen LogP) is 1.22. The number of nitrogens with one attached hydrogen (secondary N) is 1. The van der Waals surface area contributed by atoms with Crippen LogP contribution in [0.1, 0.15) is 21.3 Å². The van der Waals surface area contributed by atoms with Crippen LogP contribution < -0.4 is 4.72 Å². The van der Waals surface area contributed by atoms with Crippen molar-refractivity contribution < 1.29 is 22.7 Å². The highest BCUT2D eigenvalue weighted by atomic mass is 32.2. The van der Waals surface area contributed by atoms with E-state index in [4.69, 9.17) is 9.52 Å². The molecule has 0 atom stereocenters. The van der Waals surface area contributed by atoms with Gasteiger partial charge in [-0.2, -0.15) is 0 Å². The number of hydrogen-bond donors (Lipinski definition) is 2. The maximum atomic E-state index is 11.8. The highest BCUT2D eigenvalue weighted by Crippen LogP contribution is 2.15. The summed E-state index contributed by atoms with van der Waals surface area (Å²) in [4.78, 5) is 14.7. The van der Waals surface area contributed by atoms with E-state index in [1.165, 1.54) is 11.3 Å². The molecule has 2 heterocycles. The van der Waals surface area contributed by atoms with Crippen LogP contribution in [-0.2, 0) is 16.6 Å². The molecule has 2 aromatic rings. The summed E-state index contributed by atoms with van der Waals surface area (Å²) in [6.07, 6.45) is 0. The van der Waals surface area contributed by atoms with E-state index in [1.54, 1.807) is 5.38 Å². The van der Waals surface area contributed by atoms with Crippen LogP contribution in [0.25, 0.3) is 0 Å². The van der Waals surface area contributed by atoms with Gasteiger partial charge in [-0.05, 0) is 19.1 Å². The summed E-state index contributed by atoms with van der Waals surface area (Å²) in [5.74, 6) is -1.75. The van der Waals surface area contributed by atoms with Gasteiger partial charge in [-0.3, -0.25) is 0 Å². The zero-order chi connectivity index (χ0) is 14.0. The smallest absolute Gasteiger partial charge is 0.371 e. The van der Waals surface area contributed by atoms with Crippen molar-refractivity contribution in [3.63, 3.8) is 0 Å². The molecule has 2 rings (SSSR count). The molecule has 0 spiro atoms. The zero-order valence-electron chi connectivity index (χ0n) is 9.78. The van der Waals surface area contributed by atoms with Crippen molar-refractivity contribution in [2.75, 3.05) is 0 Å². The molecule has 0 saturated carbocycles. The molecular formula is C10H10N2O5S2. The van der Waals surface area contributed by atoms with E-state index in [1.807, 2.05) is 6.92 Å². The van der Waals surface area contributed by atoms with Crippen molar-refractivity contribution in [3.05, 3.63) is 34.0 Å². The van der Waals surface area contributed by atoms with Gasteiger partial charge in [0.2, 0.25) is 10.9 Å². The second-order valence-electron chi connectivity index (χ2n) is 3.61. The number of carboxylic acids is 1. The summed E-state index contributed by atoms with van der Waals surface area (Å²) in [5.41, 5.74) is 0.594. The molecule has 9 heteroatoms. The third kappa shape index (κ3) is 3.19. The summed E-state index contributed by atoms with van der Waals surface area (Å²) in [5, 5.41) is 10.8. The Kier molecular flexibility index (Phi) is 3.69. The fourth-order valence-electron chi connectivity index (χ4n) is 1.31. The number of furan rings is 1. The average molecular weight is 302 g/mol. The van der Waals surface area contributed by atoms with Crippen molar-refractivity contribution in [2.45, 2.75) is 18.6 Å². The standard InChI is InChI=1S/C10H10N2O5S2/c1-6-12-7(5-18-6)4-11-19(15,16)9-3-2-8(17-9)10(13)14/h2-3,5,11H,4H2,1H3,(H,13,14). The quantitative estimate of drug-likeness (QED) is 0.859. The summed E-state index contributed by atoms with van der Waals surface area (Å²) in [7, 11) is -3.88. The fourth-order valence-corrected chi connectivity index (χ4v) is 2.85. The van der Waals surface area contributed by atoms with Crippen LogP contribution in [0.2, 0.25) is 0 Å². The molecule has 0 aliphatic heterocycles. The first-order valence-corrected chi connectivity index (χ1v) is 7.48. The van der Waals surface area contributed by atoms with Crippen molar-refractivity contribution in [3.8, 4) is 0 Å². The lowest BCUT2D eigenvalue weighted by molar-refractivity contribution is 0.0656. The van der Waals surface area contributed by atoms with E-state index in [0.29, 0.717) is 5.69 Å². The van der Waals surface area contributed by atoms with E-state index in [2.05, 4.69) is 9.71 Å². The van der Waals surface area contributed by atoms with Gasteiger partial charge in [0.15, 0.2) is 0 Å². The van der Waals surface area contributed by atoms with Crippen molar-refractivity contribution in [1.82, 2.24) is 9.71 Å². The lowest BCUT2D eigenvalue weighted by Gasteiger charge is -2.01. The number of rotatable bonds is 5. The minimum absolute atomic E-state index is 0.0236. The van der Waals surface area contributed by atoms with Gasteiger partial charge in [-0.15, -0.1) is 11.3 Å². The minimum atomic E-state index is -3.88. The molecule has 7 nitrogen and oxygen atoms in total. The van der Waals surface area contributed by atoms with Crippen LogP contribution >= 0.6 is 11.3 Å². The number of carboxylic acid groups (broad SMARTS) is 1. The summed E-state index contributed by atoms with van der Waals surface area (Å²) >= 11 is 1.41. The molecule has 0 unspecified atom stereocenters. The number of thiazole rings is 1. The van der Waals surface area contributed by atoms with Gasteiger partial charge in [0.1, 0.15) is 0 Å². The number of aromatic nitrogens is 1. The number of carbonyl (C=O) groups is 1. The molecule has 0 bridgehead atoms. The molecule has 0 amide bonds. The Labute approximate surface area is 113 Å². The average Bonchev–Trinajstić information content (AvgIpc) is 2.95. The summed E-state index contributed by atoms with van der Waals surface area (Å²) < 4.78 is 30.7. The van der Waals surface area contributed by atoms with Crippen LogP contribution in [0.3, 0.4) is 0 Å². The van der Waals surface area contributed by atoms with Crippen molar-refractivity contribution >= 4 is 27.3 Å². The van der Waals surface area contributed by atoms with Gasteiger partial charge < -0.3 is 9.52 Å². The Hall–Kier alpha value is -1.71. The van der Waals surface area contributed by atoms with Crippen LogP contribution in [-0.4, -0.2) is 24.5 Å². The van der Waals surface area contributed by atoms with Gasteiger partial charge in [-0.1, -0.05) is 0 Å². The van der Waals surface area contributed by atoms with E-state index in [-0.39, 0.29) is 6.54 Å². The molecule has 0 radical (unpaired) electrons. The largest absolute Gasteiger partial charge is 0.475 e. The number of nitrogens with zero attached hydrogens (tertiary/aromatic N) is 1. The number of hydrogen-bond acceptors (Lipinski definition) is 6. The molecule has 0 aliphatic rings. The monoisotopic (exact) mass is 302 g/mol. The molecule has 2 N–H and O–H groups in total. The molecule has 0 aromatic carbocycles. The maximum absolute atomic E-state index is 11.8. The zero-order valence-corrected chi connectivity index (χ0v) is 11.4. The van der Waals surface area contributed by atoms with E-state index < -0.39 is 26.8 Å². The predicted molar refractivity (Wildman–Crippen MR) is 66.5 cm³/mol. The molecular weight excluding hydrogens is 292 g/mol. The Morgan fingerprint density at radius 3 is 2.79 bits per heavy atom. The second kappa shape index (κ2) is 5.11. The van der Waals surface area contributed by atoms with Gasteiger partial charge >= 0.3 is 5.97 Å². The lowest BCUT2D eigenvalue weighted by Crippen LogP contribution is -2.23. The van der Waals surface area contributed by atoms with Crippen LogP contribution in [0.15, 0.2) is 27.0 Å². The minimum Gasteiger partial charge on any atom is -0.475 e. The molecule has 0 saturated heterocycles. The first kappa shape index (κ1) is 13.7. The SMILES string of the molecule is Cc1nc(CNS(=O)(=O)c2ccc(C(=O)O)o2)cs1. The second-order valence-corrected chi connectivity index (χ2v) is 6.37. The van der Waals surface area contributed by atoms with Gasteiger partial charge in [0, 0.05) is 5.38 Å². The molecule has 102 valence electrons. The number of aromatic carboxylic acids is 1. The van der Waals surface area contributed by atoms with Crippen LogP contribution in [0.4, 0.5) is 0 Å². The third-order valence-electron chi connectivity index (χ3n) is 2.17. The normalized spacial score (nSPS) is 11.6. The fraction of sp³-hybridized carbons (Fsp3) is 0.200. The van der Waals surface area contributed by atoms with E-state index in [0.717, 1.165) is 17.1 Å². The van der Waals surface area contributed by atoms with Crippen LogP contribution in [0, 0.1) is 6.92 Å². The summed E-state index contributed by atoms with van der Waals surface area (Å²) in [6, 6.07) is 2.18. The van der Waals surface area contributed by atoms with Crippen LogP contribution in [0.5, 0.6) is 0 Å². The first-order valence-electron chi connectivity index (χ1n) is 5.12. The Bertz CT molecular complexity index is 701. The first-order chi connectivity index (χ1) is 8.88. The molecule has 2 aromatic heterocycles. The van der Waals surface area contributed by atoms with Gasteiger partial charge in [-0.25, -0.2) is 22.9 Å². The number of sulfonamides is 1. The van der Waals surface area contributed by atoms with E-state index in [9.17, 15) is 13.2 Å². The van der Waals surface area contributed by atoms with Gasteiger partial charge in [0.05, 0.1) is 17.2 Å². The highest BCUT2D eigenvalue weighted by Gasteiger charge is 2.20. The topological polar surface area (TPSA) is 110 Å². The van der Waals surface area contributed by atoms with Crippen molar-refractivity contribution in [2.24, 2.45) is 0 Å². The number of aryl methyl sites for hydroxylation is 1. The molecule has 19 heavy (non-hydrogen) atoms. The lowest BCUT2D eigenvalue weighted by atomic mass is 10.5. The molecule has 0 aliphatic carbocycles. The third-order valence-corrected chi connectivity index (χ3v) is 4.26. The molecule has 0 fully saturated rings. The van der Waals surface area contributed by atoms with E-state index >= 15 is 0 Å².